The zero-order valence-electron chi connectivity index (χ0n) is 17.5. The molecule has 2 aliphatic rings. The summed E-state index contributed by atoms with van der Waals surface area (Å²) in [6, 6.07) is 7.68. The third-order valence-electron chi connectivity index (χ3n) is 6.21. The fourth-order valence-electron chi connectivity index (χ4n) is 4.53. The molecular formula is C23H36N2O3. The van der Waals surface area contributed by atoms with Gasteiger partial charge < -0.3 is 19.7 Å². The van der Waals surface area contributed by atoms with Crippen LogP contribution in [0.3, 0.4) is 0 Å². The third kappa shape index (κ3) is 5.71. The van der Waals surface area contributed by atoms with E-state index in [2.05, 4.69) is 17.1 Å². The van der Waals surface area contributed by atoms with Crippen LogP contribution in [0.1, 0.15) is 58.3 Å². The van der Waals surface area contributed by atoms with Gasteiger partial charge in [0.1, 0.15) is 11.4 Å². The molecule has 1 aliphatic carbocycles. The fourth-order valence-corrected chi connectivity index (χ4v) is 4.53. The molecule has 2 fully saturated rings. The molecule has 0 spiro atoms. The van der Waals surface area contributed by atoms with E-state index in [1.165, 1.54) is 38.8 Å². The number of piperidine rings is 1. The van der Waals surface area contributed by atoms with E-state index in [0.717, 1.165) is 50.3 Å². The van der Waals surface area contributed by atoms with Gasteiger partial charge in [-0.25, -0.2) is 0 Å². The number of carbonyl (C=O) groups excluding carboxylic acids is 1. The number of amides is 1. The standard InChI is InChI=1S/C23H36N2O3/c1-19-8-6-13-23(18-19,27-2)22(26)24-20-9-11-21(12-10-20)28-17-7-16-25-14-4-3-5-15-25/h9-12,19H,3-8,13-18H2,1-2H3,(H,24,26)/t19-,23-/m1/s1. The van der Waals surface area contributed by atoms with Crippen LogP contribution in [-0.4, -0.2) is 49.8 Å². The molecule has 0 unspecified atom stereocenters. The number of ether oxygens (including phenoxy) is 2. The SMILES string of the molecule is CO[C@]1(C(=O)Nc2ccc(OCCCN3CCCCC3)cc2)CCC[C@@H](C)C1. The summed E-state index contributed by atoms with van der Waals surface area (Å²) < 4.78 is 11.5. The molecule has 1 saturated heterocycles. The van der Waals surface area contributed by atoms with Gasteiger partial charge in [0.05, 0.1) is 6.61 Å². The lowest BCUT2D eigenvalue weighted by molar-refractivity contribution is -0.143. The zero-order valence-corrected chi connectivity index (χ0v) is 17.5. The van der Waals surface area contributed by atoms with Crippen molar-refractivity contribution < 1.29 is 14.3 Å². The molecule has 0 bridgehead atoms. The van der Waals surface area contributed by atoms with E-state index < -0.39 is 5.60 Å². The van der Waals surface area contributed by atoms with E-state index in [1.54, 1.807) is 7.11 Å². The maximum Gasteiger partial charge on any atom is 0.256 e. The number of likely N-dealkylation sites (tertiary alicyclic amines) is 1. The summed E-state index contributed by atoms with van der Waals surface area (Å²) in [5.74, 6) is 1.33. The van der Waals surface area contributed by atoms with Crippen LogP contribution < -0.4 is 10.1 Å². The summed E-state index contributed by atoms with van der Waals surface area (Å²) in [5.41, 5.74) is 0.0988. The Morgan fingerprint density at radius 3 is 2.61 bits per heavy atom. The summed E-state index contributed by atoms with van der Waals surface area (Å²) >= 11 is 0. The van der Waals surface area contributed by atoms with Crippen molar-refractivity contribution in [2.75, 3.05) is 38.7 Å². The summed E-state index contributed by atoms with van der Waals surface area (Å²) in [6.07, 6.45) is 8.86. The summed E-state index contributed by atoms with van der Waals surface area (Å²) in [4.78, 5) is 15.4. The molecule has 28 heavy (non-hydrogen) atoms. The first-order valence-corrected chi connectivity index (χ1v) is 10.9. The predicted molar refractivity (Wildman–Crippen MR) is 113 cm³/mol. The lowest BCUT2D eigenvalue weighted by Gasteiger charge is -2.37. The Morgan fingerprint density at radius 2 is 1.93 bits per heavy atom. The van der Waals surface area contributed by atoms with Crippen LogP contribution in [-0.2, 0) is 9.53 Å². The van der Waals surface area contributed by atoms with Gasteiger partial charge in [-0.2, -0.15) is 0 Å². The Bertz CT molecular complexity index is 613. The van der Waals surface area contributed by atoms with Crippen molar-refractivity contribution in [3.05, 3.63) is 24.3 Å². The van der Waals surface area contributed by atoms with Crippen molar-refractivity contribution in [3.8, 4) is 5.75 Å². The predicted octanol–water partition coefficient (Wildman–Crippen LogP) is 4.48. The second-order valence-corrected chi connectivity index (χ2v) is 8.48. The summed E-state index contributed by atoms with van der Waals surface area (Å²) in [5, 5.41) is 3.04. The molecule has 1 aromatic carbocycles. The van der Waals surface area contributed by atoms with Crippen LogP contribution in [0.5, 0.6) is 5.75 Å². The van der Waals surface area contributed by atoms with E-state index in [-0.39, 0.29) is 5.91 Å². The highest BCUT2D eigenvalue weighted by Gasteiger charge is 2.41. The molecule has 2 atom stereocenters. The Balaban J connectivity index is 1.44. The molecule has 0 radical (unpaired) electrons. The highest BCUT2D eigenvalue weighted by Crippen LogP contribution is 2.35. The van der Waals surface area contributed by atoms with Crippen molar-refractivity contribution in [2.24, 2.45) is 5.92 Å². The number of nitrogens with one attached hydrogen (secondary N) is 1. The third-order valence-corrected chi connectivity index (χ3v) is 6.21. The molecular weight excluding hydrogens is 352 g/mol. The molecule has 1 aliphatic heterocycles. The number of rotatable bonds is 8. The van der Waals surface area contributed by atoms with Crippen LogP contribution in [0.25, 0.3) is 0 Å². The number of nitrogens with zero attached hydrogens (tertiary/aromatic N) is 1. The molecule has 5 nitrogen and oxygen atoms in total. The monoisotopic (exact) mass is 388 g/mol. The molecule has 0 aromatic heterocycles. The van der Waals surface area contributed by atoms with Gasteiger partial charge >= 0.3 is 0 Å². The lowest BCUT2D eigenvalue weighted by Crippen LogP contribution is -2.47. The topological polar surface area (TPSA) is 50.8 Å². The van der Waals surface area contributed by atoms with Gasteiger partial charge in [0.25, 0.3) is 5.91 Å². The van der Waals surface area contributed by atoms with Crippen LogP contribution in [0, 0.1) is 5.92 Å². The Morgan fingerprint density at radius 1 is 1.18 bits per heavy atom. The minimum absolute atomic E-state index is 0.0308. The van der Waals surface area contributed by atoms with Crippen molar-refractivity contribution in [2.45, 2.75) is 63.9 Å². The Labute approximate surface area is 169 Å². The number of anilines is 1. The zero-order chi connectivity index (χ0) is 19.8. The van der Waals surface area contributed by atoms with Gasteiger partial charge in [0, 0.05) is 19.3 Å². The molecule has 5 heteroatoms. The van der Waals surface area contributed by atoms with Gasteiger partial charge in [-0.1, -0.05) is 19.8 Å². The Kier molecular flexibility index (Phi) is 7.74. The first-order chi connectivity index (χ1) is 13.6. The first-order valence-electron chi connectivity index (χ1n) is 10.9. The van der Waals surface area contributed by atoms with Gasteiger partial charge in [-0.05, 0) is 81.8 Å². The van der Waals surface area contributed by atoms with E-state index in [0.29, 0.717) is 5.92 Å². The van der Waals surface area contributed by atoms with E-state index in [9.17, 15) is 4.79 Å². The highest BCUT2D eigenvalue weighted by molar-refractivity contribution is 5.97. The van der Waals surface area contributed by atoms with Crippen LogP contribution in [0.4, 0.5) is 5.69 Å². The van der Waals surface area contributed by atoms with Crippen molar-refractivity contribution in [3.63, 3.8) is 0 Å². The van der Waals surface area contributed by atoms with Crippen LogP contribution >= 0.6 is 0 Å². The lowest BCUT2D eigenvalue weighted by atomic mass is 9.78. The summed E-state index contributed by atoms with van der Waals surface area (Å²) in [7, 11) is 1.65. The van der Waals surface area contributed by atoms with Crippen molar-refractivity contribution >= 4 is 11.6 Å². The molecule has 1 aromatic rings. The van der Waals surface area contributed by atoms with E-state index in [4.69, 9.17) is 9.47 Å². The molecule has 1 heterocycles. The maximum atomic E-state index is 12.8. The van der Waals surface area contributed by atoms with E-state index in [1.807, 2.05) is 24.3 Å². The number of hydrogen-bond donors (Lipinski definition) is 1. The number of benzene rings is 1. The van der Waals surface area contributed by atoms with Crippen molar-refractivity contribution in [1.82, 2.24) is 4.90 Å². The second kappa shape index (κ2) is 10.3. The first kappa shape index (κ1) is 21.1. The molecule has 1 N–H and O–H groups in total. The average molecular weight is 389 g/mol. The Hall–Kier alpha value is -1.59. The largest absolute Gasteiger partial charge is 0.494 e. The second-order valence-electron chi connectivity index (χ2n) is 8.48. The van der Waals surface area contributed by atoms with E-state index >= 15 is 0 Å². The molecule has 156 valence electrons. The molecule has 1 amide bonds. The van der Waals surface area contributed by atoms with Crippen molar-refractivity contribution in [1.29, 1.82) is 0 Å². The summed E-state index contributed by atoms with van der Waals surface area (Å²) in [6.45, 7) is 6.50. The van der Waals surface area contributed by atoms with Gasteiger partial charge in [0.15, 0.2) is 0 Å². The van der Waals surface area contributed by atoms with Gasteiger partial charge in [-0.3, -0.25) is 4.79 Å². The minimum atomic E-state index is -0.693. The normalized spacial score (nSPS) is 26.0. The van der Waals surface area contributed by atoms with Gasteiger partial charge in [0.2, 0.25) is 0 Å². The number of methoxy groups -OCH3 is 1. The fraction of sp³-hybridized carbons (Fsp3) is 0.696. The quantitative estimate of drug-likeness (QED) is 0.667. The van der Waals surface area contributed by atoms with Crippen LogP contribution in [0.2, 0.25) is 0 Å². The van der Waals surface area contributed by atoms with Crippen LogP contribution in [0.15, 0.2) is 24.3 Å². The molecule has 3 rings (SSSR count). The maximum absolute atomic E-state index is 12.8. The smallest absolute Gasteiger partial charge is 0.256 e. The number of carbonyl (C=O) groups is 1. The van der Waals surface area contributed by atoms with Gasteiger partial charge in [-0.15, -0.1) is 0 Å². The highest BCUT2D eigenvalue weighted by atomic mass is 16.5. The molecule has 1 saturated carbocycles. The average Bonchev–Trinajstić information content (AvgIpc) is 2.73. The minimum Gasteiger partial charge on any atom is -0.494 e. The number of hydrogen-bond acceptors (Lipinski definition) is 4.